The highest BCUT2D eigenvalue weighted by Gasteiger charge is 2.07. The number of benzene rings is 1. The van der Waals surface area contributed by atoms with Gasteiger partial charge in [-0.05, 0) is 18.2 Å². The first-order chi connectivity index (χ1) is 8.40. The second-order valence-corrected chi connectivity index (χ2v) is 4.65. The average molecular weight is 328 g/mol. The highest BCUT2D eigenvalue weighted by Crippen LogP contribution is 2.22. The van der Waals surface area contributed by atoms with Crippen molar-refractivity contribution in [1.82, 2.24) is 0 Å². The molecule has 0 aliphatic carbocycles. The fourth-order valence-corrected chi connectivity index (χ4v) is 1.65. The van der Waals surface area contributed by atoms with E-state index in [1.807, 2.05) is 0 Å². The minimum absolute atomic E-state index is 0.204. The van der Waals surface area contributed by atoms with Gasteiger partial charge in [0.15, 0.2) is 0 Å². The fourth-order valence-electron chi connectivity index (χ4n) is 0.941. The van der Waals surface area contributed by atoms with Gasteiger partial charge in [0.05, 0.1) is 16.9 Å². The maximum atomic E-state index is 10.5. The number of rotatable bonds is 4. The van der Waals surface area contributed by atoms with Crippen molar-refractivity contribution < 1.29 is 9.90 Å². The molecule has 0 saturated heterocycles. The summed E-state index contributed by atoms with van der Waals surface area (Å²) < 4.78 is 0. The topological polar surface area (TPSA) is 61.7 Å². The molecule has 2 N–H and O–H groups in total. The zero-order chi connectivity index (χ0) is 13.7. The average Bonchev–Trinajstić information content (AvgIpc) is 2.26. The van der Waals surface area contributed by atoms with Crippen molar-refractivity contribution in [3.8, 4) is 0 Å². The monoisotopic (exact) mass is 326 g/mol. The maximum Gasteiger partial charge on any atom is 0.348 e. The van der Waals surface area contributed by atoms with Gasteiger partial charge < -0.3 is 5.11 Å². The van der Waals surface area contributed by atoms with Crippen molar-refractivity contribution in [3.05, 3.63) is 38.3 Å². The van der Waals surface area contributed by atoms with Crippen LogP contribution < -0.4 is 5.43 Å². The van der Waals surface area contributed by atoms with E-state index in [2.05, 4.69) is 10.5 Å². The molecule has 0 radical (unpaired) electrons. The van der Waals surface area contributed by atoms with Gasteiger partial charge in [0.1, 0.15) is 5.03 Å². The van der Waals surface area contributed by atoms with Crippen LogP contribution in [-0.2, 0) is 4.79 Å². The molecule has 0 heterocycles. The summed E-state index contributed by atoms with van der Waals surface area (Å²) in [5, 5.41) is 12.4. The van der Waals surface area contributed by atoms with Crippen molar-refractivity contribution in [3.63, 3.8) is 0 Å². The van der Waals surface area contributed by atoms with E-state index < -0.39 is 11.0 Å². The number of carboxylic acid groups (broad SMARTS) is 1. The molecule has 18 heavy (non-hydrogen) atoms. The molecule has 0 aromatic heterocycles. The maximum absolute atomic E-state index is 10.5. The van der Waals surface area contributed by atoms with Crippen molar-refractivity contribution >= 4 is 64.3 Å². The summed E-state index contributed by atoms with van der Waals surface area (Å²) in [5.41, 5.74) is 3.11. The van der Waals surface area contributed by atoms with Gasteiger partial charge >= 0.3 is 5.97 Å². The normalized spacial score (nSPS) is 12.4. The van der Waals surface area contributed by atoms with Gasteiger partial charge in [-0.2, -0.15) is 5.10 Å². The Morgan fingerprint density at radius 1 is 1.22 bits per heavy atom. The third-order valence-corrected chi connectivity index (χ3v) is 2.82. The number of halogens is 4. The van der Waals surface area contributed by atoms with Crippen LogP contribution in [0.1, 0.15) is 0 Å². The molecule has 96 valence electrons. The number of aliphatic carboxylic acids is 1. The van der Waals surface area contributed by atoms with Crippen LogP contribution in [0.4, 0.5) is 5.69 Å². The predicted octanol–water partition coefficient (Wildman–Crippen LogP) is 4.16. The van der Waals surface area contributed by atoms with Gasteiger partial charge in [0.2, 0.25) is 0 Å². The third-order valence-electron chi connectivity index (χ3n) is 1.63. The van der Waals surface area contributed by atoms with Crippen molar-refractivity contribution in [2.75, 3.05) is 5.43 Å². The van der Waals surface area contributed by atoms with Crippen molar-refractivity contribution in [1.29, 1.82) is 0 Å². The lowest BCUT2D eigenvalue weighted by Gasteiger charge is -2.01. The molecule has 4 nitrogen and oxygen atoms in total. The van der Waals surface area contributed by atoms with Crippen LogP contribution in [0.25, 0.3) is 0 Å². The summed E-state index contributed by atoms with van der Waals surface area (Å²) in [6.07, 6.45) is 1.06. The summed E-state index contributed by atoms with van der Waals surface area (Å²) in [4.78, 5) is 10.5. The molecular weight excluding hydrogens is 322 g/mol. The van der Waals surface area contributed by atoms with E-state index in [-0.39, 0.29) is 5.03 Å². The summed E-state index contributed by atoms with van der Waals surface area (Å²) >= 11 is 22.5. The number of carbonyl (C=O) groups is 1. The summed E-state index contributed by atoms with van der Waals surface area (Å²) in [6, 6.07) is 4.73. The summed E-state index contributed by atoms with van der Waals surface area (Å²) in [7, 11) is 0. The van der Waals surface area contributed by atoms with Crippen LogP contribution >= 0.6 is 46.4 Å². The second kappa shape index (κ2) is 6.85. The van der Waals surface area contributed by atoms with E-state index in [1.165, 1.54) is 0 Å². The first-order valence-corrected chi connectivity index (χ1v) is 5.95. The Labute approximate surface area is 123 Å². The van der Waals surface area contributed by atoms with Crippen LogP contribution in [0.5, 0.6) is 0 Å². The second-order valence-electron chi connectivity index (χ2n) is 3.00. The summed E-state index contributed by atoms with van der Waals surface area (Å²) in [5.74, 6) is -1.33. The Morgan fingerprint density at radius 2 is 1.78 bits per heavy atom. The predicted molar refractivity (Wildman–Crippen MR) is 74.9 cm³/mol. The number of hydrogen-bond acceptors (Lipinski definition) is 3. The van der Waals surface area contributed by atoms with Gasteiger partial charge in [-0.1, -0.05) is 46.4 Å². The lowest BCUT2D eigenvalue weighted by molar-refractivity contribution is -0.131. The SMILES string of the molecule is O=C(O)/C(Cl)=C(Cl)\C=N/Nc1cc(Cl)cc(Cl)c1. The molecule has 0 saturated carbocycles. The molecule has 0 aliphatic heterocycles. The zero-order valence-electron chi connectivity index (χ0n) is 8.62. The lowest BCUT2D eigenvalue weighted by Crippen LogP contribution is -1.97. The number of anilines is 1. The molecule has 0 amide bonds. The number of nitrogens with one attached hydrogen (secondary N) is 1. The molecule has 1 aromatic carbocycles. The first-order valence-electron chi connectivity index (χ1n) is 4.44. The number of carboxylic acids is 1. The molecule has 1 aromatic rings. The van der Waals surface area contributed by atoms with E-state index in [4.69, 9.17) is 51.5 Å². The Bertz CT molecular complexity index is 508. The number of hydrazone groups is 1. The van der Waals surface area contributed by atoms with Gasteiger partial charge in [0, 0.05) is 10.0 Å². The lowest BCUT2D eigenvalue weighted by atomic mass is 10.3. The third kappa shape index (κ3) is 4.74. The van der Waals surface area contributed by atoms with Crippen LogP contribution in [-0.4, -0.2) is 17.3 Å². The molecule has 0 bridgehead atoms. The highest BCUT2D eigenvalue weighted by atomic mass is 35.5. The van der Waals surface area contributed by atoms with Crippen LogP contribution in [0.2, 0.25) is 10.0 Å². The molecule has 8 heteroatoms. The largest absolute Gasteiger partial charge is 0.477 e. The van der Waals surface area contributed by atoms with Crippen molar-refractivity contribution in [2.45, 2.75) is 0 Å². The van der Waals surface area contributed by atoms with Gasteiger partial charge in [0.25, 0.3) is 0 Å². The van der Waals surface area contributed by atoms with Crippen LogP contribution in [0.3, 0.4) is 0 Å². The number of allylic oxidation sites excluding steroid dienone is 1. The van der Waals surface area contributed by atoms with E-state index >= 15 is 0 Å². The molecule has 0 aliphatic rings. The number of hydrogen-bond donors (Lipinski definition) is 2. The van der Waals surface area contributed by atoms with Crippen LogP contribution in [0.15, 0.2) is 33.4 Å². The summed E-state index contributed by atoms with van der Waals surface area (Å²) in [6.45, 7) is 0. The van der Waals surface area contributed by atoms with E-state index in [0.29, 0.717) is 15.7 Å². The first kappa shape index (κ1) is 15.1. The Morgan fingerprint density at radius 3 is 2.28 bits per heavy atom. The molecule has 0 spiro atoms. The van der Waals surface area contributed by atoms with Crippen LogP contribution in [0, 0.1) is 0 Å². The van der Waals surface area contributed by atoms with E-state index in [9.17, 15) is 4.79 Å². The fraction of sp³-hybridized carbons (Fsp3) is 0. The van der Waals surface area contributed by atoms with E-state index in [1.54, 1.807) is 18.2 Å². The standard InChI is InChI=1S/C10H6Cl4N2O2/c11-5-1-6(12)3-7(2-5)16-15-4-8(13)9(14)10(17)18/h1-4,16H,(H,17,18)/b9-8-,15-4-. The Balaban J connectivity index is 2.76. The smallest absolute Gasteiger partial charge is 0.348 e. The number of nitrogens with zero attached hydrogens (tertiary/aromatic N) is 1. The minimum atomic E-state index is -1.33. The highest BCUT2D eigenvalue weighted by molar-refractivity contribution is 6.51. The zero-order valence-corrected chi connectivity index (χ0v) is 11.6. The molecule has 0 fully saturated rings. The van der Waals surface area contributed by atoms with Gasteiger partial charge in [-0.15, -0.1) is 0 Å². The quantitative estimate of drug-likeness (QED) is 0.495. The Hall–Kier alpha value is -0.940. The molecule has 1 rings (SSSR count). The molecule has 0 atom stereocenters. The van der Waals surface area contributed by atoms with Gasteiger partial charge in [-0.25, -0.2) is 4.79 Å². The molecule has 0 unspecified atom stereocenters. The minimum Gasteiger partial charge on any atom is -0.477 e. The Kier molecular flexibility index (Phi) is 5.75. The van der Waals surface area contributed by atoms with Gasteiger partial charge in [-0.3, -0.25) is 5.43 Å². The molecular formula is C10H6Cl4N2O2. The van der Waals surface area contributed by atoms with E-state index in [0.717, 1.165) is 6.21 Å². The van der Waals surface area contributed by atoms with Crippen molar-refractivity contribution in [2.24, 2.45) is 5.10 Å².